The maximum atomic E-state index is 12.6. The fourth-order valence-electron chi connectivity index (χ4n) is 3.14. The number of rotatable bonds is 4. The number of carbonyl (C=O) groups is 1. The molecule has 1 aromatic carbocycles. The maximum absolute atomic E-state index is 12.6. The third-order valence-electron chi connectivity index (χ3n) is 4.27. The van der Waals surface area contributed by atoms with Gasteiger partial charge in [-0.3, -0.25) is 4.79 Å². The van der Waals surface area contributed by atoms with Gasteiger partial charge >= 0.3 is 0 Å². The van der Waals surface area contributed by atoms with E-state index < -0.39 is 15.6 Å². The molecule has 8 heteroatoms. The van der Waals surface area contributed by atoms with Crippen molar-refractivity contribution < 1.29 is 13.2 Å². The van der Waals surface area contributed by atoms with Crippen molar-refractivity contribution in [2.75, 3.05) is 5.32 Å². The summed E-state index contributed by atoms with van der Waals surface area (Å²) in [6.07, 6.45) is 3.40. The van der Waals surface area contributed by atoms with Gasteiger partial charge in [-0.1, -0.05) is 12.5 Å². The first-order valence-corrected chi connectivity index (χ1v) is 10.2. The van der Waals surface area contributed by atoms with Crippen molar-refractivity contribution in [2.45, 2.75) is 69.9 Å². The molecule has 0 bridgehead atoms. The Balaban J connectivity index is 0.00000338. The van der Waals surface area contributed by atoms with E-state index in [1.807, 2.05) is 0 Å². The van der Waals surface area contributed by atoms with Gasteiger partial charge < -0.3 is 11.1 Å². The molecule has 0 aliphatic heterocycles. The molecule has 1 aromatic rings. The van der Waals surface area contributed by atoms with Crippen LogP contribution in [0.4, 0.5) is 5.69 Å². The number of hydrogen-bond acceptors (Lipinski definition) is 4. The van der Waals surface area contributed by atoms with Gasteiger partial charge in [-0.05, 0) is 64.7 Å². The predicted octanol–water partition coefficient (Wildman–Crippen LogP) is 2.95. The summed E-state index contributed by atoms with van der Waals surface area (Å²) in [5.74, 6) is -0.205. The molecule has 0 radical (unpaired) electrons. The van der Waals surface area contributed by atoms with Gasteiger partial charge in [0.15, 0.2) is 0 Å². The van der Waals surface area contributed by atoms with E-state index in [1.165, 1.54) is 6.07 Å². The van der Waals surface area contributed by atoms with Crippen LogP contribution in [0.5, 0.6) is 0 Å². The zero-order chi connectivity index (χ0) is 18.8. The molecule has 2 atom stereocenters. The molecular formula is C18H30ClN3O3S. The van der Waals surface area contributed by atoms with Crippen molar-refractivity contribution in [3.05, 3.63) is 23.8 Å². The van der Waals surface area contributed by atoms with E-state index in [0.29, 0.717) is 17.7 Å². The molecule has 1 fully saturated rings. The highest BCUT2D eigenvalue weighted by atomic mass is 35.5. The minimum Gasteiger partial charge on any atom is -0.328 e. The summed E-state index contributed by atoms with van der Waals surface area (Å²) < 4.78 is 27.9. The highest BCUT2D eigenvalue weighted by Gasteiger charge is 2.27. The first-order chi connectivity index (χ1) is 11.5. The number of amides is 1. The van der Waals surface area contributed by atoms with Crippen LogP contribution >= 0.6 is 12.4 Å². The molecule has 26 heavy (non-hydrogen) atoms. The second-order valence-electron chi connectivity index (χ2n) is 7.95. The summed E-state index contributed by atoms with van der Waals surface area (Å²) in [4.78, 5) is 12.6. The monoisotopic (exact) mass is 403 g/mol. The molecule has 4 N–H and O–H groups in total. The summed E-state index contributed by atoms with van der Waals surface area (Å²) in [6.45, 7) is 7.11. The third-order valence-corrected chi connectivity index (χ3v) is 6.17. The van der Waals surface area contributed by atoms with E-state index in [-0.39, 0.29) is 35.2 Å². The molecule has 1 amide bonds. The van der Waals surface area contributed by atoms with Gasteiger partial charge in [-0.2, -0.15) is 0 Å². The molecule has 1 saturated carbocycles. The minimum atomic E-state index is -3.66. The number of anilines is 1. The molecule has 2 rings (SSSR count). The Bertz CT molecular complexity index is 745. The number of carbonyl (C=O) groups excluding carboxylic acids is 1. The number of sulfonamides is 1. The lowest BCUT2D eigenvalue weighted by atomic mass is 9.85. The number of nitrogens with one attached hydrogen (secondary N) is 2. The Morgan fingerprint density at radius 1 is 1.23 bits per heavy atom. The van der Waals surface area contributed by atoms with Crippen LogP contribution in [-0.2, 0) is 14.8 Å². The largest absolute Gasteiger partial charge is 0.328 e. The first-order valence-electron chi connectivity index (χ1n) is 8.69. The van der Waals surface area contributed by atoms with E-state index in [1.54, 1.807) is 39.8 Å². The smallest absolute Gasteiger partial charge is 0.241 e. The number of halogens is 1. The summed E-state index contributed by atoms with van der Waals surface area (Å²) >= 11 is 0. The van der Waals surface area contributed by atoms with E-state index >= 15 is 0 Å². The standard InChI is InChI=1S/C18H29N3O3S.ClH/c1-12-8-9-15(11-16(12)25(23,24)21-18(2,3)4)20-17(22)13-6-5-7-14(19)10-13;/h8-9,11,13-14,21H,5-7,10,19H2,1-4H3,(H,20,22);1H. The number of nitrogens with two attached hydrogens (primary N) is 1. The van der Waals surface area contributed by atoms with Gasteiger partial charge in [0.2, 0.25) is 15.9 Å². The average molecular weight is 404 g/mol. The SMILES string of the molecule is Cc1ccc(NC(=O)C2CCCC(N)C2)cc1S(=O)(=O)NC(C)(C)C.Cl. The average Bonchev–Trinajstić information content (AvgIpc) is 2.46. The van der Waals surface area contributed by atoms with Crippen molar-refractivity contribution in [3.8, 4) is 0 Å². The lowest BCUT2D eigenvalue weighted by molar-refractivity contribution is -0.120. The second kappa shape index (κ2) is 8.69. The molecular weight excluding hydrogens is 374 g/mol. The van der Waals surface area contributed by atoms with Crippen LogP contribution < -0.4 is 15.8 Å². The Labute approximate surface area is 162 Å². The molecule has 0 saturated heterocycles. The molecule has 0 spiro atoms. The van der Waals surface area contributed by atoms with E-state index in [2.05, 4.69) is 10.0 Å². The van der Waals surface area contributed by atoms with Gasteiger partial charge in [-0.15, -0.1) is 12.4 Å². The molecule has 6 nitrogen and oxygen atoms in total. The van der Waals surface area contributed by atoms with Gasteiger partial charge in [0.05, 0.1) is 4.90 Å². The third kappa shape index (κ3) is 6.23. The first kappa shape index (κ1) is 22.9. The van der Waals surface area contributed by atoms with Crippen LogP contribution in [0.25, 0.3) is 0 Å². The van der Waals surface area contributed by atoms with Crippen molar-refractivity contribution in [1.29, 1.82) is 0 Å². The second-order valence-corrected chi connectivity index (χ2v) is 9.60. The van der Waals surface area contributed by atoms with Gasteiger partial charge in [0.1, 0.15) is 0 Å². The zero-order valence-corrected chi connectivity index (χ0v) is 17.5. The van der Waals surface area contributed by atoms with Gasteiger partial charge in [-0.25, -0.2) is 13.1 Å². The van der Waals surface area contributed by atoms with Crippen LogP contribution in [0.2, 0.25) is 0 Å². The topological polar surface area (TPSA) is 101 Å². The molecule has 1 aliphatic carbocycles. The van der Waals surface area contributed by atoms with Crippen molar-refractivity contribution in [3.63, 3.8) is 0 Å². The summed E-state index contributed by atoms with van der Waals surface area (Å²) in [7, 11) is -3.66. The van der Waals surface area contributed by atoms with Crippen molar-refractivity contribution >= 4 is 34.0 Å². The van der Waals surface area contributed by atoms with Crippen molar-refractivity contribution in [2.24, 2.45) is 11.7 Å². The zero-order valence-electron chi connectivity index (χ0n) is 15.8. The number of benzene rings is 1. The molecule has 1 aliphatic rings. The normalized spacial score (nSPS) is 21.0. The number of hydrogen-bond donors (Lipinski definition) is 3. The molecule has 2 unspecified atom stereocenters. The number of aryl methyl sites for hydroxylation is 1. The fraction of sp³-hybridized carbons (Fsp3) is 0.611. The predicted molar refractivity (Wildman–Crippen MR) is 107 cm³/mol. The Morgan fingerprint density at radius 3 is 2.46 bits per heavy atom. The van der Waals surface area contributed by atoms with Crippen molar-refractivity contribution in [1.82, 2.24) is 4.72 Å². The molecule has 148 valence electrons. The van der Waals surface area contributed by atoms with Crippen LogP contribution in [0.3, 0.4) is 0 Å². The summed E-state index contributed by atoms with van der Waals surface area (Å²) in [5.41, 5.74) is 6.49. The Morgan fingerprint density at radius 2 is 1.88 bits per heavy atom. The lowest BCUT2D eigenvalue weighted by Crippen LogP contribution is -2.40. The van der Waals surface area contributed by atoms with Gasteiger partial charge in [0, 0.05) is 23.2 Å². The quantitative estimate of drug-likeness (QED) is 0.719. The van der Waals surface area contributed by atoms with E-state index in [4.69, 9.17) is 5.73 Å². The fourth-order valence-corrected chi connectivity index (χ4v) is 4.83. The van der Waals surface area contributed by atoms with E-state index in [9.17, 15) is 13.2 Å². The molecule has 0 heterocycles. The molecule has 0 aromatic heterocycles. The summed E-state index contributed by atoms with van der Waals surface area (Å²) in [5, 5.41) is 2.85. The van der Waals surface area contributed by atoms with Crippen LogP contribution in [0.1, 0.15) is 52.0 Å². The Hall–Kier alpha value is -1.15. The van der Waals surface area contributed by atoms with Crippen LogP contribution in [0, 0.1) is 12.8 Å². The minimum absolute atomic E-state index is 0. The van der Waals surface area contributed by atoms with Gasteiger partial charge in [0.25, 0.3) is 0 Å². The van der Waals surface area contributed by atoms with E-state index in [0.717, 1.165) is 19.3 Å². The van der Waals surface area contributed by atoms with Crippen LogP contribution in [0.15, 0.2) is 23.1 Å². The Kier molecular flexibility index (Phi) is 7.65. The lowest BCUT2D eigenvalue weighted by Gasteiger charge is -2.26. The van der Waals surface area contributed by atoms with Crippen LogP contribution in [-0.4, -0.2) is 25.9 Å². The highest BCUT2D eigenvalue weighted by molar-refractivity contribution is 7.89. The summed E-state index contributed by atoms with van der Waals surface area (Å²) in [6, 6.07) is 5.02. The highest BCUT2D eigenvalue weighted by Crippen LogP contribution is 2.26. The maximum Gasteiger partial charge on any atom is 0.241 e.